The van der Waals surface area contributed by atoms with Gasteiger partial charge in [0.1, 0.15) is 11.6 Å². The Morgan fingerprint density at radius 3 is 2.93 bits per heavy atom. The van der Waals surface area contributed by atoms with Crippen LogP contribution in [0.2, 0.25) is 0 Å². The molecule has 0 aliphatic heterocycles. The third kappa shape index (κ3) is 1.78. The molecule has 0 fully saturated rings. The van der Waals surface area contributed by atoms with Gasteiger partial charge in [0.2, 0.25) is 6.41 Å². The van der Waals surface area contributed by atoms with Crippen LogP contribution in [0.3, 0.4) is 0 Å². The van der Waals surface area contributed by atoms with Crippen LogP contribution >= 0.6 is 0 Å². The van der Waals surface area contributed by atoms with Crippen molar-refractivity contribution in [3.63, 3.8) is 0 Å². The summed E-state index contributed by atoms with van der Waals surface area (Å²) in [5, 5.41) is 6.37. The number of hydrogen-bond donors (Lipinski definition) is 2. The molecule has 0 bridgehead atoms. The predicted octanol–water partition coefficient (Wildman–Crippen LogP) is 0.681. The first-order valence-electron chi connectivity index (χ1n) is 4.27. The lowest BCUT2D eigenvalue weighted by molar-refractivity contribution is -0.106. The highest BCUT2D eigenvalue weighted by atomic mass is 16.1. The number of nitrogens with zero attached hydrogens (tertiary/aromatic N) is 3. The molecule has 0 unspecified atom stereocenters. The van der Waals surface area contributed by atoms with Gasteiger partial charge in [0.15, 0.2) is 0 Å². The molecule has 0 radical (unpaired) electrons. The fraction of sp³-hybridized carbons (Fsp3) is 0. The van der Waals surface area contributed by atoms with Gasteiger partial charge in [-0.2, -0.15) is 5.10 Å². The quantitative estimate of drug-likeness (QED) is 0.718. The molecular formula is C9H9N5O. The van der Waals surface area contributed by atoms with Crippen LogP contribution in [0, 0.1) is 0 Å². The zero-order valence-electron chi connectivity index (χ0n) is 7.79. The Hall–Kier alpha value is -2.37. The Morgan fingerprint density at radius 1 is 1.47 bits per heavy atom. The molecule has 0 saturated heterocycles. The number of hydrogen-bond acceptors (Lipinski definition) is 4. The van der Waals surface area contributed by atoms with Crippen molar-refractivity contribution >= 4 is 23.7 Å². The summed E-state index contributed by atoms with van der Waals surface area (Å²) in [7, 11) is 0. The Morgan fingerprint density at radius 2 is 2.33 bits per heavy atom. The molecule has 2 aromatic heterocycles. The molecule has 0 saturated carbocycles. The molecule has 0 aliphatic carbocycles. The zero-order chi connectivity index (χ0) is 10.7. The van der Waals surface area contributed by atoms with E-state index in [1.165, 1.54) is 11.1 Å². The number of carbonyl (C=O) groups excluding carboxylic acids is 1. The van der Waals surface area contributed by atoms with Crippen LogP contribution < -0.4 is 10.6 Å². The van der Waals surface area contributed by atoms with E-state index in [9.17, 15) is 4.79 Å². The Bertz CT molecular complexity index is 453. The van der Waals surface area contributed by atoms with Gasteiger partial charge in [-0.3, -0.25) is 14.8 Å². The minimum absolute atomic E-state index is 0.364. The molecule has 2 aromatic rings. The molecule has 0 spiro atoms. The normalized spacial score (nSPS) is 9.87. The maximum Gasteiger partial charge on any atom is 0.220 e. The average molecular weight is 203 g/mol. The highest BCUT2D eigenvalue weighted by molar-refractivity contribution is 5.84. The fourth-order valence-electron chi connectivity index (χ4n) is 1.20. The van der Waals surface area contributed by atoms with E-state index in [2.05, 4.69) is 15.2 Å². The van der Waals surface area contributed by atoms with Crippen LogP contribution in [0.4, 0.5) is 17.3 Å². The number of H-pyrrole nitrogens is 1. The molecule has 0 aliphatic rings. The molecule has 2 rings (SSSR count). The summed E-state index contributed by atoms with van der Waals surface area (Å²) in [6, 6.07) is 5.08. The second-order valence-electron chi connectivity index (χ2n) is 2.85. The van der Waals surface area contributed by atoms with E-state index in [1.54, 1.807) is 24.4 Å². The largest absolute Gasteiger partial charge is 0.384 e. The van der Waals surface area contributed by atoms with Crippen LogP contribution in [-0.4, -0.2) is 21.6 Å². The van der Waals surface area contributed by atoms with Crippen molar-refractivity contribution in [3.8, 4) is 0 Å². The number of rotatable bonds is 3. The van der Waals surface area contributed by atoms with Crippen LogP contribution in [0.1, 0.15) is 0 Å². The molecule has 3 N–H and O–H groups in total. The average Bonchev–Trinajstić information content (AvgIpc) is 2.72. The number of aromatic nitrogens is 3. The van der Waals surface area contributed by atoms with E-state index in [-0.39, 0.29) is 0 Å². The predicted molar refractivity (Wildman–Crippen MR) is 55.4 cm³/mol. The van der Waals surface area contributed by atoms with Gasteiger partial charge >= 0.3 is 0 Å². The Kier molecular flexibility index (Phi) is 2.32. The summed E-state index contributed by atoms with van der Waals surface area (Å²) >= 11 is 0. The molecule has 6 heteroatoms. The number of pyridine rings is 1. The monoisotopic (exact) mass is 203 g/mol. The fourth-order valence-corrected chi connectivity index (χ4v) is 1.20. The first kappa shape index (κ1) is 9.20. The van der Waals surface area contributed by atoms with E-state index in [0.29, 0.717) is 23.7 Å². The smallest absolute Gasteiger partial charge is 0.220 e. The summed E-state index contributed by atoms with van der Waals surface area (Å²) in [5.74, 6) is 0.828. The highest BCUT2D eigenvalue weighted by Gasteiger charge is 2.10. The molecule has 76 valence electrons. The standard InChI is InChI=1S/C9H9N5O/c10-8-2-1-3-9(13-8)14(6-15)7-4-11-12-5-7/h1-6H,(H2,10,13)(H,11,12). The van der Waals surface area contributed by atoms with Gasteiger partial charge in [-0.1, -0.05) is 6.07 Å². The number of carbonyl (C=O) groups is 1. The first-order valence-corrected chi connectivity index (χ1v) is 4.27. The number of anilines is 3. The van der Waals surface area contributed by atoms with Crippen molar-refractivity contribution in [2.24, 2.45) is 0 Å². The van der Waals surface area contributed by atoms with Gasteiger partial charge in [-0.15, -0.1) is 0 Å². The Labute approximate surface area is 85.7 Å². The summed E-state index contributed by atoms with van der Waals surface area (Å²) in [6.45, 7) is 0. The summed E-state index contributed by atoms with van der Waals surface area (Å²) in [6.07, 6.45) is 3.78. The van der Waals surface area contributed by atoms with Crippen LogP contribution in [-0.2, 0) is 4.79 Å². The van der Waals surface area contributed by atoms with E-state index in [0.717, 1.165) is 0 Å². The first-order chi connectivity index (χ1) is 7.31. The van der Waals surface area contributed by atoms with Crippen molar-refractivity contribution < 1.29 is 4.79 Å². The van der Waals surface area contributed by atoms with Crippen molar-refractivity contribution in [3.05, 3.63) is 30.6 Å². The number of nitrogens with two attached hydrogens (primary N) is 1. The molecule has 6 nitrogen and oxygen atoms in total. The molecule has 0 atom stereocenters. The summed E-state index contributed by atoms with van der Waals surface area (Å²) in [4.78, 5) is 16.3. The minimum atomic E-state index is 0.364. The lowest BCUT2D eigenvalue weighted by Gasteiger charge is -2.13. The maximum absolute atomic E-state index is 10.9. The summed E-state index contributed by atoms with van der Waals surface area (Å²) < 4.78 is 0. The second kappa shape index (κ2) is 3.79. The van der Waals surface area contributed by atoms with Crippen molar-refractivity contribution in [2.45, 2.75) is 0 Å². The molecule has 15 heavy (non-hydrogen) atoms. The van der Waals surface area contributed by atoms with E-state index < -0.39 is 0 Å². The van der Waals surface area contributed by atoms with Gasteiger partial charge in [0, 0.05) is 6.20 Å². The van der Waals surface area contributed by atoms with Crippen LogP contribution in [0.15, 0.2) is 30.6 Å². The molecular weight excluding hydrogens is 194 g/mol. The number of nitrogens with one attached hydrogen (secondary N) is 1. The van der Waals surface area contributed by atoms with E-state index in [1.807, 2.05) is 0 Å². The van der Waals surface area contributed by atoms with Crippen molar-refractivity contribution in [1.82, 2.24) is 15.2 Å². The van der Waals surface area contributed by atoms with Gasteiger partial charge < -0.3 is 5.73 Å². The number of aromatic amines is 1. The number of nitrogen functional groups attached to an aromatic ring is 1. The van der Waals surface area contributed by atoms with Gasteiger partial charge in [-0.05, 0) is 12.1 Å². The van der Waals surface area contributed by atoms with Gasteiger partial charge in [-0.25, -0.2) is 4.98 Å². The van der Waals surface area contributed by atoms with Crippen molar-refractivity contribution in [1.29, 1.82) is 0 Å². The topological polar surface area (TPSA) is 87.9 Å². The van der Waals surface area contributed by atoms with Crippen molar-refractivity contribution in [2.75, 3.05) is 10.6 Å². The molecule has 0 aromatic carbocycles. The zero-order valence-corrected chi connectivity index (χ0v) is 7.79. The lowest BCUT2D eigenvalue weighted by Crippen LogP contribution is -2.15. The molecule has 2 heterocycles. The lowest BCUT2D eigenvalue weighted by atomic mass is 10.4. The third-order valence-corrected chi connectivity index (χ3v) is 1.87. The highest BCUT2D eigenvalue weighted by Crippen LogP contribution is 2.20. The third-order valence-electron chi connectivity index (χ3n) is 1.87. The van der Waals surface area contributed by atoms with E-state index in [4.69, 9.17) is 5.73 Å². The SMILES string of the molecule is Nc1cccc(N(C=O)c2cn[nH]c2)n1. The maximum atomic E-state index is 10.9. The second-order valence-corrected chi connectivity index (χ2v) is 2.85. The van der Waals surface area contributed by atoms with Crippen LogP contribution in [0.5, 0.6) is 0 Å². The van der Waals surface area contributed by atoms with Crippen LogP contribution in [0.25, 0.3) is 0 Å². The number of amides is 1. The Balaban J connectivity index is 2.39. The van der Waals surface area contributed by atoms with Gasteiger partial charge in [0.25, 0.3) is 0 Å². The minimum Gasteiger partial charge on any atom is -0.384 e. The summed E-state index contributed by atoms with van der Waals surface area (Å²) in [5.41, 5.74) is 6.14. The molecule has 1 amide bonds. The van der Waals surface area contributed by atoms with Gasteiger partial charge in [0.05, 0.1) is 11.9 Å². The van der Waals surface area contributed by atoms with E-state index >= 15 is 0 Å².